The molecule has 0 bridgehead atoms. The summed E-state index contributed by atoms with van der Waals surface area (Å²) in [6.45, 7) is 6.18. The number of allylic oxidation sites excluding steroid dienone is 1. The average molecular weight is 407 g/mol. The zero-order chi connectivity index (χ0) is 20.2. The van der Waals surface area contributed by atoms with Crippen molar-refractivity contribution in [2.75, 3.05) is 0 Å². The van der Waals surface area contributed by atoms with E-state index in [1.165, 1.54) is 17.8 Å². The summed E-state index contributed by atoms with van der Waals surface area (Å²) in [5, 5.41) is 13.0. The second-order valence-corrected chi connectivity index (χ2v) is 7.58. The van der Waals surface area contributed by atoms with Gasteiger partial charge in [0, 0.05) is 12.1 Å². The minimum absolute atomic E-state index is 0.166. The SMILES string of the molecule is C=CCn1c(SC(C)c2nc(-c3ccccc3)no2)nnc1-c1ccccc1F. The molecule has 0 amide bonds. The summed E-state index contributed by atoms with van der Waals surface area (Å²) in [5.74, 6) is 1.12. The Kier molecular flexibility index (Phi) is 5.53. The predicted molar refractivity (Wildman–Crippen MR) is 110 cm³/mol. The summed E-state index contributed by atoms with van der Waals surface area (Å²) < 4.78 is 21.5. The highest BCUT2D eigenvalue weighted by Crippen LogP contribution is 2.35. The molecule has 1 atom stereocenters. The Balaban J connectivity index is 1.60. The van der Waals surface area contributed by atoms with Crippen LogP contribution < -0.4 is 0 Å². The minimum atomic E-state index is -0.348. The van der Waals surface area contributed by atoms with Gasteiger partial charge in [0.2, 0.25) is 11.7 Å². The van der Waals surface area contributed by atoms with Gasteiger partial charge in [-0.25, -0.2) is 4.39 Å². The van der Waals surface area contributed by atoms with Gasteiger partial charge in [-0.3, -0.25) is 4.57 Å². The number of halogens is 1. The molecular formula is C21H18FN5OS. The highest BCUT2D eigenvalue weighted by atomic mass is 32.2. The molecule has 0 N–H and O–H groups in total. The van der Waals surface area contributed by atoms with E-state index in [0.29, 0.717) is 34.8 Å². The molecule has 0 aliphatic heterocycles. The Bertz CT molecular complexity index is 1130. The summed E-state index contributed by atoms with van der Waals surface area (Å²) in [4.78, 5) is 4.50. The number of hydrogen-bond acceptors (Lipinski definition) is 6. The van der Waals surface area contributed by atoms with Gasteiger partial charge in [-0.05, 0) is 19.1 Å². The standard InChI is InChI=1S/C21H18FN5OS/c1-3-13-27-19(16-11-7-8-12-17(16)22)24-25-21(27)29-14(2)20-23-18(26-28-20)15-9-5-4-6-10-15/h3-12,14H,1,13H2,2H3. The van der Waals surface area contributed by atoms with Crippen molar-refractivity contribution in [2.45, 2.75) is 23.9 Å². The lowest BCUT2D eigenvalue weighted by Gasteiger charge is -2.10. The van der Waals surface area contributed by atoms with Crippen molar-refractivity contribution >= 4 is 11.8 Å². The van der Waals surface area contributed by atoms with E-state index in [1.807, 2.05) is 41.8 Å². The van der Waals surface area contributed by atoms with Gasteiger partial charge in [0.05, 0.1) is 10.8 Å². The first-order chi connectivity index (χ1) is 14.2. The van der Waals surface area contributed by atoms with E-state index in [9.17, 15) is 4.39 Å². The number of hydrogen-bond donors (Lipinski definition) is 0. The smallest absolute Gasteiger partial charge is 0.240 e. The summed E-state index contributed by atoms with van der Waals surface area (Å²) >= 11 is 1.42. The first-order valence-electron chi connectivity index (χ1n) is 9.02. The van der Waals surface area contributed by atoms with E-state index >= 15 is 0 Å². The van der Waals surface area contributed by atoms with Gasteiger partial charge in [0.1, 0.15) is 5.82 Å². The quantitative estimate of drug-likeness (QED) is 0.311. The zero-order valence-corrected chi connectivity index (χ0v) is 16.5. The Morgan fingerprint density at radius 2 is 1.90 bits per heavy atom. The van der Waals surface area contributed by atoms with E-state index in [1.54, 1.807) is 24.3 Å². The van der Waals surface area contributed by atoms with Crippen LogP contribution in [0.2, 0.25) is 0 Å². The number of thioether (sulfide) groups is 1. The maximum atomic E-state index is 14.2. The van der Waals surface area contributed by atoms with E-state index in [0.717, 1.165) is 5.56 Å². The minimum Gasteiger partial charge on any atom is -0.338 e. The topological polar surface area (TPSA) is 69.6 Å². The summed E-state index contributed by atoms with van der Waals surface area (Å²) in [7, 11) is 0. The zero-order valence-electron chi connectivity index (χ0n) is 15.7. The van der Waals surface area contributed by atoms with Gasteiger partial charge >= 0.3 is 0 Å². The average Bonchev–Trinajstić information content (AvgIpc) is 3.38. The molecule has 0 aliphatic carbocycles. The largest absolute Gasteiger partial charge is 0.338 e. The number of benzene rings is 2. The number of aromatic nitrogens is 5. The van der Waals surface area contributed by atoms with Gasteiger partial charge in [-0.15, -0.1) is 16.8 Å². The van der Waals surface area contributed by atoms with Crippen molar-refractivity contribution in [1.82, 2.24) is 24.9 Å². The summed E-state index contributed by atoms with van der Waals surface area (Å²) in [5.41, 5.74) is 1.28. The third-order valence-corrected chi connectivity index (χ3v) is 5.31. The van der Waals surface area contributed by atoms with Crippen LogP contribution in [-0.2, 0) is 6.54 Å². The molecule has 8 heteroatoms. The van der Waals surface area contributed by atoms with Crippen LogP contribution in [0.1, 0.15) is 18.1 Å². The fourth-order valence-electron chi connectivity index (χ4n) is 2.82. The molecule has 0 spiro atoms. The van der Waals surface area contributed by atoms with E-state index < -0.39 is 0 Å². The molecule has 29 heavy (non-hydrogen) atoms. The normalized spacial score (nSPS) is 12.1. The van der Waals surface area contributed by atoms with Crippen molar-refractivity contribution in [3.05, 3.63) is 79.0 Å². The maximum absolute atomic E-state index is 14.2. The third-order valence-electron chi connectivity index (χ3n) is 4.25. The highest BCUT2D eigenvalue weighted by molar-refractivity contribution is 7.99. The second-order valence-electron chi connectivity index (χ2n) is 6.27. The van der Waals surface area contributed by atoms with Crippen LogP contribution in [0, 0.1) is 5.82 Å². The van der Waals surface area contributed by atoms with Gasteiger partial charge in [-0.1, -0.05) is 65.5 Å². The number of rotatable bonds is 7. The fourth-order valence-corrected chi connectivity index (χ4v) is 3.71. The van der Waals surface area contributed by atoms with Crippen molar-refractivity contribution in [2.24, 2.45) is 0 Å². The van der Waals surface area contributed by atoms with Crippen LogP contribution in [-0.4, -0.2) is 24.9 Å². The molecule has 146 valence electrons. The van der Waals surface area contributed by atoms with Crippen LogP contribution in [0.4, 0.5) is 4.39 Å². The van der Waals surface area contributed by atoms with Crippen molar-refractivity contribution in [3.8, 4) is 22.8 Å². The molecule has 0 saturated carbocycles. The first kappa shape index (κ1) is 19.1. The van der Waals surface area contributed by atoms with E-state index in [-0.39, 0.29) is 11.1 Å². The highest BCUT2D eigenvalue weighted by Gasteiger charge is 2.22. The predicted octanol–water partition coefficient (Wildman–Crippen LogP) is 5.17. The van der Waals surface area contributed by atoms with Crippen molar-refractivity contribution in [3.63, 3.8) is 0 Å². The Morgan fingerprint density at radius 3 is 2.66 bits per heavy atom. The molecule has 2 aromatic heterocycles. The Morgan fingerprint density at radius 1 is 1.14 bits per heavy atom. The maximum Gasteiger partial charge on any atom is 0.240 e. The Labute approximate surface area is 171 Å². The first-order valence-corrected chi connectivity index (χ1v) is 9.90. The molecule has 2 heterocycles. The molecule has 1 unspecified atom stereocenters. The lowest BCUT2D eigenvalue weighted by Crippen LogP contribution is -2.02. The molecule has 2 aromatic carbocycles. The van der Waals surface area contributed by atoms with Crippen LogP contribution >= 0.6 is 11.8 Å². The molecule has 0 radical (unpaired) electrons. The van der Waals surface area contributed by atoms with Crippen LogP contribution in [0.5, 0.6) is 0 Å². The second kappa shape index (κ2) is 8.40. The Hall–Kier alpha value is -3.26. The van der Waals surface area contributed by atoms with Gasteiger partial charge in [0.15, 0.2) is 11.0 Å². The van der Waals surface area contributed by atoms with Crippen LogP contribution in [0.15, 0.2) is 76.9 Å². The van der Waals surface area contributed by atoms with E-state index in [4.69, 9.17) is 4.52 Å². The van der Waals surface area contributed by atoms with Gasteiger partial charge < -0.3 is 4.52 Å². The fraction of sp³-hybridized carbons (Fsp3) is 0.143. The van der Waals surface area contributed by atoms with Crippen molar-refractivity contribution < 1.29 is 8.91 Å². The van der Waals surface area contributed by atoms with Gasteiger partial charge in [0.25, 0.3) is 0 Å². The molecule has 4 aromatic rings. The molecule has 4 rings (SSSR count). The molecular weight excluding hydrogens is 389 g/mol. The molecule has 0 saturated heterocycles. The van der Waals surface area contributed by atoms with E-state index in [2.05, 4.69) is 26.9 Å². The third kappa shape index (κ3) is 3.97. The summed E-state index contributed by atoms with van der Waals surface area (Å²) in [6.07, 6.45) is 1.72. The lowest BCUT2D eigenvalue weighted by atomic mass is 10.2. The van der Waals surface area contributed by atoms with Gasteiger partial charge in [-0.2, -0.15) is 4.98 Å². The molecule has 0 aliphatic rings. The monoisotopic (exact) mass is 407 g/mol. The summed E-state index contributed by atoms with van der Waals surface area (Å²) in [6, 6.07) is 16.1. The van der Waals surface area contributed by atoms with Crippen molar-refractivity contribution in [1.29, 1.82) is 0 Å². The molecule has 0 fully saturated rings. The lowest BCUT2D eigenvalue weighted by molar-refractivity contribution is 0.380. The van der Waals surface area contributed by atoms with Crippen LogP contribution in [0.25, 0.3) is 22.8 Å². The van der Waals surface area contributed by atoms with Crippen LogP contribution in [0.3, 0.4) is 0 Å². The molecule has 6 nitrogen and oxygen atoms in total. The number of nitrogens with zero attached hydrogens (tertiary/aromatic N) is 5.